The molecule has 0 fully saturated rings. The Labute approximate surface area is 102 Å². The minimum absolute atomic E-state index is 0.0187. The summed E-state index contributed by atoms with van der Waals surface area (Å²) in [6, 6.07) is 5.48. The molecular formula is C14H19NO2. The lowest BCUT2D eigenvalue weighted by atomic mass is 9.86. The van der Waals surface area contributed by atoms with Crippen LogP contribution in [-0.4, -0.2) is 11.0 Å². The maximum Gasteiger partial charge on any atom is 0.243 e. The second kappa shape index (κ2) is 5.04. The van der Waals surface area contributed by atoms with Crippen LogP contribution < -0.4 is 5.32 Å². The lowest BCUT2D eigenvalue weighted by Crippen LogP contribution is -2.20. The summed E-state index contributed by atoms with van der Waals surface area (Å²) < 4.78 is 0. The van der Waals surface area contributed by atoms with E-state index >= 15 is 0 Å². The molecule has 0 spiro atoms. The highest BCUT2D eigenvalue weighted by atomic mass is 16.3. The van der Waals surface area contributed by atoms with Crippen molar-refractivity contribution in [1.29, 1.82) is 0 Å². The van der Waals surface area contributed by atoms with Crippen molar-refractivity contribution in [2.75, 3.05) is 0 Å². The van der Waals surface area contributed by atoms with E-state index in [9.17, 15) is 9.90 Å². The van der Waals surface area contributed by atoms with Crippen LogP contribution in [0.4, 0.5) is 0 Å². The standard InChI is InChI=1S/C14H19NO2/c1-5-13(17)15-9-10-8-11(14(2,3)4)6-7-12(10)16/h5-8,16H,1,9H2,2-4H3,(H,15,17). The highest BCUT2D eigenvalue weighted by Crippen LogP contribution is 2.27. The van der Waals surface area contributed by atoms with E-state index in [1.807, 2.05) is 12.1 Å². The Bertz CT molecular complexity index is 430. The summed E-state index contributed by atoms with van der Waals surface area (Å²) in [6.07, 6.45) is 1.21. The molecule has 17 heavy (non-hydrogen) atoms. The number of aromatic hydroxyl groups is 1. The number of phenols is 1. The predicted octanol–water partition coefficient (Wildman–Crippen LogP) is 2.49. The van der Waals surface area contributed by atoms with Crippen molar-refractivity contribution in [2.45, 2.75) is 32.7 Å². The summed E-state index contributed by atoms with van der Waals surface area (Å²) in [4.78, 5) is 11.1. The minimum Gasteiger partial charge on any atom is -0.508 e. The van der Waals surface area contributed by atoms with Crippen LogP contribution in [0.5, 0.6) is 5.75 Å². The molecule has 2 N–H and O–H groups in total. The Morgan fingerprint density at radius 3 is 2.65 bits per heavy atom. The van der Waals surface area contributed by atoms with Gasteiger partial charge in [0.1, 0.15) is 5.75 Å². The molecule has 0 bridgehead atoms. The Kier molecular flexibility index (Phi) is 3.94. The fourth-order valence-corrected chi connectivity index (χ4v) is 1.45. The van der Waals surface area contributed by atoms with Gasteiger partial charge in [-0.1, -0.05) is 33.4 Å². The van der Waals surface area contributed by atoms with Gasteiger partial charge in [-0.25, -0.2) is 0 Å². The van der Waals surface area contributed by atoms with Gasteiger partial charge in [0.15, 0.2) is 0 Å². The van der Waals surface area contributed by atoms with Crippen molar-refractivity contribution in [3.05, 3.63) is 42.0 Å². The van der Waals surface area contributed by atoms with Crippen LogP contribution in [0.15, 0.2) is 30.9 Å². The number of rotatable bonds is 3. The molecule has 0 radical (unpaired) electrons. The number of carbonyl (C=O) groups is 1. The quantitative estimate of drug-likeness (QED) is 0.788. The fourth-order valence-electron chi connectivity index (χ4n) is 1.45. The second-order valence-electron chi connectivity index (χ2n) is 5.02. The molecule has 1 aromatic carbocycles. The van der Waals surface area contributed by atoms with E-state index in [2.05, 4.69) is 32.7 Å². The summed E-state index contributed by atoms with van der Waals surface area (Å²) in [5, 5.41) is 12.4. The fraction of sp³-hybridized carbons (Fsp3) is 0.357. The molecule has 0 aliphatic heterocycles. The highest BCUT2D eigenvalue weighted by Gasteiger charge is 2.15. The van der Waals surface area contributed by atoms with Gasteiger partial charge in [-0.05, 0) is 29.2 Å². The lowest BCUT2D eigenvalue weighted by Gasteiger charge is -2.20. The Morgan fingerprint density at radius 1 is 1.47 bits per heavy atom. The molecule has 3 heteroatoms. The van der Waals surface area contributed by atoms with Crippen LogP contribution in [-0.2, 0) is 16.8 Å². The van der Waals surface area contributed by atoms with E-state index in [1.54, 1.807) is 6.07 Å². The van der Waals surface area contributed by atoms with Crippen molar-refractivity contribution in [3.8, 4) is 5.75 Å². The number of amides is 1. The largest absolute Gasteiger partial charge is 0.508 e. The molecule has 1 amide bonds. The zero-order valence-corrected chi connectivity index (χ0v) is 10.6. The summed E-state index contributed by atoms with van der Waals surface area (Å²) >= 11 is 0. The third-order valence-corrected chi connectivity index (χ3v) is 2.58. The SMILES string of the molecule is C=CC(=O)NCc1cc(C(C)(C)C)ccc1O. The molecule has 0 aliphatic carbocycles. The van der Waals surface area contributed by atoms with Crippen LogP contribution in [0.25, 0.3) is 0 Å². The molecule has 0 saturated carbocycles. The average molecular weight is 233 g/mol. The van der Waals surface area contributed by atoms with Gasteiger partial charge in [0, 0.05) is 12.1 Å². The first kappa shape index (κ1) is 13.3. The summed E-state index contributed by atoms with van der Waals surface area (Å²) in [7, 11) is 0. The van der Waals surface area contributed by atoms with Crippen LogP contribution in [0, 0.1) is 0 Å². The first-order valence-electron chi connectivity index (χ1n) is 5.57. The third kappa shape index (κ3) is 3.63. The molecule has 1 rings (SSSR count). The van der Waals surface area contributed by atoms with Crippen molar-refractivity contribution in [3.63, 3.8) is 0 Å². The van der Waals surface area contributed by atoms with Gasteiger partial charge in [0.05, 0.1) is 0 Å². The summed E-state index contributed by atoms with van der Waals surface area (Å²) in [5.41, 5.74) is 1.86. The molecular weight excluding hydrogens is 214 g/mol. The van der Waals surface area contributed by atoms with Gasteiger partial charge in [0.25, 0.3) is 0 Å². The first-order chi connectivity index (χ1) is 7.84. The topological polar surface area (TPSA) is 49.3 Å². The Hall–Kier alpha value is -1.77. The lowest BCUT2D eigenvalue weighted by molar-refractivity contribution is -0.116. The normalized spacial score (nSPS) is 11.0. The maximum absolute atomic E-state index is 11.1. The van der Waals surface area contributed by atoms with Gasteiger partial charge in [-0.15, -0.1) is 0 Å². The monoisotopic (exact) mass is 233 g/mol. The first-order valence-corrected chi connectivity index (χ1v) is 5.57. The zero-order chi connectivity index (χ0) is 13.1. The molecule has 0 unspecified atom stereocenters. The number of carbonyl (C=O) groups excluding carboxylic acids is 1. The number of hydrogen-bond donors (Lipinski definition) is 2. The number of nitrogens with one attached hydrogen (secondary N) is 1. The molecule has 0 atom stereocenters. The number of hydrogen-bond acceptors (Lipinski definition) is 2. The predicted molar refractivity (Wildman–Crippen MR) is 68.9 cm³/mol. The van der Waals surface area contributed by atoms with Crippen molar-refractivity contribution < 1.29 is 9.90 Å². The second-order valence-corrected chi connectivity index (χ2v) is 5.02. The van der Waals surface area contributed by atoms with Crippen LogP contribution in [0.3, 0.4) is 0 Å². The van der Waals surface area contributed by atoms with Crippen molar-refractivity contribution >= 4 is 5.91 Å². The summed E-state index contributed by atoms with van der Waals surface area (Å²) in [5.74, 6) is -0.0482. The van der Waals surface area contributed by atoms with Crippen LogP contribution in [0.1, 0.15) is 31.9 Å². The zero-order valence-electron chi connectivity index (χ0n) is 10.6. The molecule has 0 saturated heterocycles. The molecule has 92 valence electrons. The van der Waals surface area contributed by atoms with E-state index in [1.165, 1.54) is 6.08 Å². The van der Waals surface area contributed by atoms with Crippen LogP contribution >= 0.6 is 0 Å². The van der Waals surface area contributed by atoms with Crippen LogP contribution in [0.2, 0.25) is 0 Å². The van der Waals surface area contributed by atoms with E-state index in [0.29, 0.717) is 12.1 Å². The maximum atomic E-state index is 11.1. The Balaban J connectivity index is 2.91. The van der Waals surface area contributed by atoms with Gasteiger partial charge in [-0.3, -0.25) is 4.79 Å². The van der Waals surface area contributed by atoms with Gasteiger partial charge in [-0.2, -0.15) is 0 Å². The van der Waals surface area contributed by atoms with Gasteiger partial charge >= 0.3 is 0 Å². The van der Waals surface area contributed by atoms with Gasteiger partial charge in [0.2, 0.25) is 5.91 Å². The molecule has 0 aromatic heterocycles. The highest BCUT2D eigenvalue weighted by molar-refractivity contribution is 5.86. The molecule has 3 nitrogen and oxygen atoms in total. The number of phenolic OH excluding ortho intramolecular Hbond substituents is 1. The Morgan fingerprint density at radius 2 is 2.12 bits per heavy atom. The molecule has 0 heterocycles. The van der Waals surface area contributed by atoms with Gasteiger partial charge < -0.3 is 10.4 Å². The van der Waals surface area contributed by atoms with E-state index in [4.69, 9.17) is 0 Å². The third-order valence-electron chi connectivity index (χ3n) is 2.58. The average Bonchev–Trinajstić information content (AvgIpc) is 2.26. The van der Waals surface area contributed by atoms with E-state index < -0.39 is 0 Å². The van der Waals surface area contributed by atoms with Crippen molar-refractivity contribution in [2.24, 2.45) is 0 Å². The van der Waals surface area contributed by atoms with E-state index in [-0.39, 0.29) is 17.1 Å². The smallest absolute Gasteiger partial charge is 0.243 e. The summed E-state index contributed by atoms with van der Waals surface area (Å²) in [6.45, 7) is 9.99. The number of benzene rings is 1. The van der Waals surface area contributed by atoms with E-state index in [0.717, 1.165) is 5.56 Å². The molecule has 0 aliphatic rings. The van der Waals surface area contributed by atoms with Crippen molar-refractivity contribution in [1.82, 2.24) is 5.32 Å². The minimum atomic E-state index is -0.245. The molecule has 1 aromatic rings.